The van der Waals surface area contributed by atoms with Gasteiger partial charge in [-0.2, -0.15) is 0 Å². The van der Waals surface area contributed by atoms with Crippen molar-refractivity contribution in [2.75, 3.05) is 9.80 Å². The SMILES string of the molecule is c1ccc(-c2ccc(-c3ccc(N(c4ccc(-c5ccc6c(ccc7ccc(-c8ccc(-c9ccc(N(c%10ccc(-c%11ccc(-c%12ccccc%12)cc%11-n%11c%12ccccc%12c%12ccccc%12%11)cc%10)c%10ccccc%10-c%10ccccc%10-c%10ccccc%10)cc9)c9oc%10ccccc%10c89)cc76)c5)cc4)c4ccc(-c5cccc6c5oc5ccccc56)cc4)cc3)c(-n3c4ccccc4c4ccccc43)c2)cc1. The van der Waals surface area contributed by atoms with Crippen LogP contribution in [0.5, 0.6) is 0 Å². The van der Waals surface area contributed by atoms with Gasteiger partial charge in [0.05, 0.1) is 39.1 Å². The summed E-state index contributed by atoms with van der Waals surface area (Å²) in [6, 6.07) is 191. The Hall–Kier alpha value is -18.6. The van der Waals surface area contributed by atoms with E-state index in [1.807, 2.05) is 6.07 Å². The second-order valence-corrected chi connectivity index (χ2v) is 36.5. The third-order valence-electron chi connectivity index (χ3n) is 28.6. The zero-order valence-corrected chi connectivity index (χ0v) is 76.3. The van der Waals surface area contributed by atoms with Crippen LogP contribution in [0.2, 0.25) is 0 Å². The average molecular weight is 1780 g/mol. The molecule has 4 aromatic heterocycles. The van der Waals surface area contributed by atoms with E-state index in [1.165, 1.54) is 59.9 Å². The number of para-hydroxylation sites is 8. The van der Waals surface area contributed by atoms with Gasteiger partial charge in [-0.05, 0) is 238 Å². The molecule has 0 spiro atoms. The van der Waals surface area contributed by atoms with Crippen LogP contribution in [-0.2, 0) is 0 Å². The Bertz CT molecular complexity index is 9420. The molecule has 0 aliphatic rings. The summed E-state index contributed by atoms with van der Waals surface area (Å²) in [5.41, 5.74) is 38.9. The molecule has 654 valence electrons. The van der Waals surface area contributed by atoms with E-state index in [4.69, 9.17) is 8.83 Å². The standard InChI is InChI=1S/C134H86N4O2/c1-4-27-87(28-5-1)97-66-79-108(128(85-97)137-124-45-20-13-36-115(124)116-37-14-21-46-125(116)137)91-57-70-102(71-58-91)135(103-72-61-93(62-73-103)111-42-26-43-120-119-40-17-24-49-130(119)139-133(111)120)101-68-55-89(56-69-101)96-65-78-107-99(83-96)53-51-95-52-54-100(84-122(95)107)110-81-82-112(134-132(110)121-41-18-25-50-131(121)140-134)94-63-76-105(77-64-94)136(123-44-19-12-35-114(123)113-34-11-10-33-106(113)90-31-8-3-9-32-90)104-74-59-92(60-75-104)109-80-67-98(88-29-6-2-7-30-88)86-129(109)138-126-47-22-15-38-117(126)118-39-16-23-48-127(118)138/h1-86H. The Morgan fingerprint density at radius 1 is 0.157 bits per heavy atom. The quantitative estimate of drug-likeness (QED) is 0.0803. The molecule has 0 unspecified atom stereocenters. The summed E-state index contributed by atoms with van der Waals surface area (Å²) in [5, 5.41) is 14.0. The van der Waals surface area contributed by atoms with Crippen molar-refractivity contribution in [1.29, 1.82) is 0 Å². The predicted octanol–water partition coefficient (Wildman–Crippen LogP) is 37.6. The third-order valence-corrected chi connectivity index (χ3v) is 28.6. The van der Waals surface area contributed by atoms with Gasteiger partial charge in [0.15, 0.2) is 0 Å². The molecule has 0 amide bonds. The number of hydrogen-bond donors (Lipinski definition) is 0. The Morgan fingerprint density at radius 2 is 0.493 bits per heavy atom. The van der Waals surface area contributed by atoms with Crippen LogP contribution in [0.1, 0.15) is 0 Å². The highest BCUT2D eigenvalue weighted by atomic mass is 16.3. The van der Waals surface area contributed by atoms with E-state index in [0.717, 1.165) is 206 Å². The summed E-state index contributed by atoms with van der Waals surface area (Å²) < 4.78 is 18.7. The first kappa shape index (κ1) is 81.0. The second-order valence-electron chi connectivity index (χ2n) is 36.5. The monoisotopic (exact) mass is 1780 g/mol. The van der Waals surface area contributed by atoms with Gasteiger partial charge in [-0.15, -0.1) is 0 Å². The summed E-state index contributed by atoms with van der Waals surface area (Å²) >= 11 is 0. The molecule has 0 atom stereocenters. The van der Waals surface area contributed by atoms with E-state index < -0.39 is 0 Å². The minimum absolute atomic E-state index is 0.841. The van der Waals surface area contributed by atoms with E-state index in [2.05, 4.69) is 535 Å². The Morgan fingerprint density at radius 3 is 1.03 bits per heavy atom. The van der Waals surface area contributed by atoms with E-state index in [-0.39, 0.29) is 0 Å². The number of rotatable bonds is 18. The maximum absolute atomic E-state index is 7.15. The first-order valence-electron chi connectivity index (χ1n) is 48.0. The number of nitrogens with zero attached hydrogens (tertiary/aromatic N) is 4. The molecule has 0 bridgehead atoms. The van der Waals surface area contributed by atoms with Crippen molar-refractivity contribution < 1.29 is 8.83 Å². The second kappa shape index (κ2) is 33.8. The zero-order chi connectivity index (χ0) is 92.2. The smallest absolute Gasteiger partial charge is 0.143 e. The van der Waals surface area contributed by atoms with E-state index in [1.54, 1.807) is 0 Å². The molecule has 0 aliphatic carbocycles. The van der Waals surface area contributed by atoms with Gasteiger partial charge in [0.25, 0.3) is 0 Å². The lowest BCUT2D eigenvalue weighted by molar-refractivity contribution is 0.669. The van der Waals surface area contributed by atoms with Crippen LogP contribution in [0.4, 0.5) is 34.1 Å². The van der Waals surface area contributed by atoms with E-state index >= 15 is 0 Å². The van der Waals surface area contributed by atoms with Crippen molar-refractivity contribution in [2.45, 2.75) is 0 Å². The molecule has 4 heterocycles. The number of anilines is 6. The molecule has 0 saturated carbocycles. The molecule has 0 N–H and O–H groups in total. The van der Waals surface area contributed by atoms with Crippen LogP contribution in [0.3, 0.4) is 0 Å². The predicted molar refractivity (Wildman–Crippen MR) is 588 cm³/mol. The number of aromatic nitrogens is 2. The topological polar surface area (TPSA) is 42.6 Å². The molecule has 0 aliphatic heterocycles. The molecule has 6 heteroatoms. The zero-order valence-electron chi connectivity index (χ0n) is 76.3. The number of hydrogen-bond acceptors (Lipinski definition) is 4. The molecule has 0 saturated heterocycles. The van der Waals surface area contributed by atoms with Gasteiger partial charge in [0.1, 0.15) is 22.3 Å². The molecular weight excluding hydrogens is 1700 g/mol. The summed E-state index contributed by atoms with van der Waals surface area (Å²) in [4.78, 5) is 4.80. The maximum atomic E-state index is 7.15. The highest BCUT2D eigenvalue weighted by molar-refractivity contribution is 6.19. The highest BCUT2D eigenvalue weighted by Gasteiger charge is 2.27. The normalized spacial score (nSPS) is 11.7. The summed E-state index contributed by atoms with van der Waals surface area (Å²) in [5.74, 6) is 0. The molecule has 27 rings (SSSR count). The number of fused-ring (bicyclic) bond motifs is 15. The van der Waals surface area contributed by atoms with Gasteiger partial charge >= 0.3 is 0 Å². The Kier molecular flexibility index (Phi) is 19.5. The molecule has 140 heavy (non-hydrogen) atoms. The van der Waals surface area contributed by atoms with Crippen LogP contribution in [-0.4, -0.2) is 9.13 Å². The molecule has 6 nitrogen and oxygen atoms in total. The average Bonchev–Trinajstić information content (AvgIpc) is 1.58. The lowest BCUT2D eigenvalue weighted by Crippen LogP contribution is -2.11. The van der Waals surface area contributed by atoms with Crippen molar-refractivity contribution in [3.63, 3.8) is 0 Å². The van der Waals surface area contributed by atoms with Crippen LogP contribution in [0.25, 0.3) is 232 Å². The van der Waals surface area contributed by atoms with E-state index in [0.29, 0.717) is 0 Å². The van der Waals surface area contributed by atoms with Crippen LogP contribution >= 0.6 is 0 Å². The number of benzene rings is 23. The number of furan rings is 2. The molecule has 0 radical (unpaired) electrons. The maximum Gasteiger partial charge on any atom is 0.143 e. The van der Waals surface area contributed by atoms with Gasteiger partial charge in [-0.3, -0.25) is 0 Å². The van der Waals surface area contributed by atoms with Crippen LogP contribution in [0.15, 0.2) is 531 Å². The van der Waals surface area contributed by atoms with Gasteiger partial charge in [0.2, 0.25) is 0 Å². The Balaban J connectivity index is 0.529. The van der Waals surface area contributed by atoms with Crippen molar-refractivity contribution in [2.24, 2.45) is 0 Å². The van der Waals surface area contributed by atoms with Gasteiger partial charge in [-0.25, -0.2) is 0 Å². The van der Waals surface area contributed by atoms with Gasteiger partial charge < -0.3 is 27.8 Å². The van der Waals surface area contributed by atoms with Crippen molar-refractivity contribution in [1.82, 2.24) is 9.13 Å². The van der Waals surface area contributed by atoms with E-state index in [9.17, 15) is 0 Å². The lowest BCUT2D eigenvalue weighted by Gasteiger charge is -2.29. The van der Waals surface area contributed by atoms with Gasteiger partial charge in [0, 0.05) is 99.3 Å². The summed E-state index contributed by atoms with van der Waals surface area (Å²) in [7, 11) is 0. The molecule has 23 aromatic carbocycles. The summed E-state index contributed by atoms with van der Waals surface area (Å²) in [6.07, 6.45) is 0. The fraction of sp³-hybridized carbons (Fsp3) is 0. The van der Waals surface area contributed by atoms with Crippen molar-refractivity contribution >= 4 is 143 Å². The largest absolute Gasteiger partial charge is 0.455 e. The highest BCUT2D eigenvalue weighted by Crippen LogP contribution is 2.51. The Labute approximate surface area is 809 Å². The molecular formula is C134H86N4O2. The first-order chi connectivity index (χ1) is 69.4. The van der Waals surface area contributed by atoms with Crippen LogP contribution < -0.4 is 9.80 Å². The van der Waals surface area contributed by atoms with Crippen molar-refractivity contribution in [3.05, 3.63) is 522 Å². The van der Waals surface area contributed by atoms with Gasteiger partial charge in [-0.1, -0.05) is 388 Å². The molecule has 0 fully saturated rings. The lowest BCUT2D eigenvalue weighted by atomic mass is 9.91. The third kappa shape index (κ3) is 13.9. The van der Waals surface area contributed by atoms with Crippen LogP contribution in [0, 0.1) is 0 Å². The van der Waals surface area contributed by atoms with Crippen molar-refractivity contribution in [3.8, 4) is 123 Å². The fourth-order valence-corrected chi connectivity index (χ4v) is 21.9. The minimum atomic E-state index is 0.841. The fourth-order valence-electron chi connectivity index (χ4n) is 21.9. The minimum Gasteiger partial charge on any atom is -0.455 e. The summed E-state index contributed by atoms with van der Waals surface area (Å²) in [6.45, 7) is 0. The first-order valence-corrected chi connectivity index (χ1v) is 48.0. The molecule has 27 aromatic rings.